The van der Waals surface area contributed by atoms with Gasteiger partial charge in [0.05, 0.1) is 11.0 Å². The van der Waals surface area contributed by atoms with Gasteiger partial charge in [-0.1, -0.05) is 0 Å². The molecule has 0 radical (unpaired) electrons. The molecule has 0 spiro atoms. The highest BCUT2D eigenvalue weighted by atomic mass is 32.2. The Bertz CT molecular complexity index is 581. The fourth-order valence-electron chi connectivity index (χ4n) is 1.96. The van der Waals surface area contributed by atoms with E-state index in [9.17, 15) is 8.60 Å². The average Bonchev–Trinajstić information content (AvgIpc) is 2.52. The Hall–Kier alpha value is -1.43. The van der Waals surface area contributed by atoms with Crippen molar-refractivity contribution in [3.63, 3.8) is 0 Å². The molecule has 92 valence electrons. The van der Waals surface area contributed by atoms with Crippen LogP contribution in [-0.4, -0.2) is 25.8 Å². The van der Waals surface area contributed by atoms with Crippen LogP contribution in [0, 0.1) is 5.82 Å². The molecule has 1 aromatic heterocycles. The summed E-state index contributed by atoms with van der Waals surface area (Å²) in [6.07, 6.45) is 1.63. The number of halogens is 1. The highest BCUT2D eigenvalue weighted by molar-refractivity contribution is 7.84. The van der Waals surface area contributed by atoms with Crippen molar-refractivity contribution in [2.75, 3.05) is 17.7 Å². The highest BCUT2D eigenvalue weighted by Gasteiger charge is 2.15. The van der Waals surface area contributed by atoms with Crippen LogP contribution in [0.4, 0.5) is 10.3 Å². The predicted molar refractivity (Wildman–Crippen MR) is 67.7 cm³/mol. The van der Waals surface area contributed by atoms with Gasteiger partial charge in [0, 0.05) is 28.9 Å². The van der Waals surface area contributed by atoms with Gasteiger partial charge in [-0.05, 0) is 25.1 Å². The molecule has 4 nitrogen and oxygen atoms in total. The maximum atomic E-state index is 13.2. The van der Waals surface area contributed by atoms with E-state index in [-0.39, 0.29) is 11.9 Å². The lowest BCUT2D eigenvalue weighted by atomic mass is 10.3. The van der Waals surface area contributed by atoms with E-state index in [0.29, 0.717) is 22.7 Å². The van der Waals surface area contributed by atoms with Crippen LogP contribution >= 0.6 is 0 Å². The number of nitrogen functional groups attached to an aromatic ring is 1. The van der Waals surface area contributed by atoms with E-state index in [2.05, 4.69) is 4.98 Å². The summed E-state index contributed by atoms with van der Waals surface area (Å²) < 4.78 is 26.2. The van der Waals surface area contributed by atoms with Crippen molar-refractivity contribution in [3.8, 4) is 0 Å². The monoisotopic (exact) mass is 255 g/mol. The molecule has 2 atom stereocenters. The van der Waals surface area contributed by atoms with E-state index >= 15 is 0 Å². The van der Waals surface area contributed by atoms with Crippen molar-refractivity contribution >= 4 is 27.8 Å². The Balaban J connectivity index is 2.55. The van der Waals surface area contributed by atoms with Gasteiger partial charge in [0.25, 0.3) is 0 Å². The molecule has 0 saturated heterocycles. The number of hydrogen-bond donors (Lipinski definition) is 1. The zero-order valence-corrected chi connectivity index (χ0v) is 10.5. The molecule has 0 bridgehead atoms. The Morgan fingerprint density at radius 2 is 2.29 bits per heavy atom. The van der Waals surface area contributed by atoms with Crippen molar-refractivity contribution in [3.05, 3.63) is 24.0 Å². The van der Waals surface area contributed by atoms with Crippen LogP contribution < -0.4 is 5.73 Å². The van der Waals surface area contributed by atoms with Crippen molar-refractivity contribution in [2.24, 2.45) is 0 Å². The third kappa shape index (κ3) is 2.31. The van der Waals surface area contributed by atoms with Crippen LogP contribution in [0.5, 0.6) is 0 Å². The van der Waals surface area contributed by atoms with Crippen LogP contribution in [0.2, 0.25) is 0 Å². The molecule has 0 saturated carbocycles. The summed E-state index contributed by atoms with van der Waals surface area (Å²) in [5, 5.41) is 0. The fraction of sp³-hybridized carbons (Fsp3) is 0.364. The largest absolute Gasteiger partial charge is 0.369 e. The van der Waals surface area contributed by atoms with Gasteiger partial charge in [-0.25, -0.2) is 9.37 Å². The molecule has 1 aromatic carbocycles. The van der Waals surface area contributed by atoms with Crippen molar-refractivity contribution in [2.45, 2.75) is 13.0 Å². The molecule has 2 aromatic rings. The molecule has 0 fully saturated rings. The molecule has 2 rings (SSSR count). The molecule has 6 heteroatoms. The molecule has 2 unspecified atom stereocenters. The normalized spacial score (nSPS) is 15.0. The number of imidazole rings is 1. The first-order valence-corrected chi connectivity index (χ1v) is 6.94. The number of fused-ring (bicyclic) bond motifs is 1. The molecular weight excluding hydrogens is 241 g/mol. The second-order valence-corrected chi connectivity index (χ2v) is 5.54. The highest BCUT2D eigenvalue weighted by Crippen LogP contribution is 2.23. The van der Waals surface area contributed by atoms with Gasteiger partial charge in [-0.15, -0.1) is 0 Å². The summed E-state index contributed by atoms with van der Waals surface area (Å²) in [5.41, 5.74) is 7.10. The topological polar surface area (TPSA) is 60.9 Å². The van der Waals surface area contributed by atoms with Gasteiger partial charge >= 0.3 is 0 Å². The van der Waals surface area contributed by atoms with E-state index in [4.69, 9.17) is 5.73 Å². The van der Waals surface area contributed by atoms with E-state index in [1.807, 2.05) is 6.92 Å². The number of nitrogens with two attached hydrogens (primary N) is 1. The smallest absolute Gasteiger partial charge is 0.201 e. The zero-order chi connectivity index (χ0) is 12.6. The molecule has 0 amide bonds. The quantitative estimate of drug-likeness (QED) is 0.908. The van der Waals surface area contributed by atoms with Gasteiger partial charge in [0.15, 0.2) is 0 Å². The first kappa shape index (κ1) is 12.0. The SMILES string of the molecule is CC(CS(C)=O)n1c(N)nc2ccc(F)cc21. The first-order valence-electron chi connectivity index (χ1n) is 5.22. The van der Waals surface area contributed by atoms with Crippen LogP contribution in [0.1, 0.15) is 13.0 Å². The Morgan fingerprint density at radius 1 is 1.59 bits per heavy atom. The first-order chi connectivity index (χ1) is 7.99. The van der Waals surface area contributed by atoms with Crippen molar-refractivity contribution in [1.29, 1.82) is 0 Å². The number of benzene rings is 1. The number of hydrogen-bond acceptors (Lipinski definition) is 3. The predicted octanol–water partition coefficient (Wildman–Crippen LogP) is 1.70. The average molecular weight is 255 g/mol. The van der Waals surface area contributed by atoms with E-state index in [1.54, 1.807) is 16.9 Å². The van der Waals surface area contributed by atoms with Crippen LogP contribution in [0.25, 0.3) is 11.0 Å². The minimum atomic E-state index is -0.935. The van der Waals surface area contributed by atoms with Gasteiger partial charge in [0.2, 0.25) is 5.95 Å². The molecule has 1 heterocycles. The summed E-state index contributed by atoms with van der Waals surface area (Å²) in [7, 11) is -0.935. The van der Waals surface area contributed by atoms with Gasteiger partial charge in [0.1, 0.15) is 5.82 Å². The minimum Gasteiger partial charge on any atom is -0.369 e. The third-order valence-electron chi connectivity index (χ3n) is 2.60. The number of aromatic nitrogens is 2. The van der Waals surface area contributed by atoms with E-state index < -0.39 is 10.8 Å². The van der Waals surface area contributed by atoms with E-state index in [0.717, 1.165) is 0 Å². The molecule has 0 aliphatic heterocycles. The summed E-state index contributed by atoms with van der Waals surface area (Å²) in [6, 6.07) is 4.26. The third-order valence-corrected chi connectivity index (χ3v) is 3.55. The van der Waals surface area contributed by atoms with E-state index in [1.165, 1.54) is 12.1 Å². The van der Waals surface area contributed by atoms with Gasteiger partial charge < -0.3 is 10.3 Å². The van der Waals surface area contributed by atoms with Crippen LogP contribution in [-0.2, 0) is 10.8 Å². The Kier molecular flexibility index (Phi) is 3.15. The Morgan fingerprint density at radius 3 is 2.94 bits per heavy atom. The van der Waals surface area contributed by atoms with Crippen molar-refractivity contribution < 1.29 is 8.60 Å². The summed E-state index contributed by atoms with van der Waals surface area (Å²) >= 11 is 0. The Labute approximate surface area is 101 Å². The number of nitrogens with zero attached hydrogens (tertiary/aromatic N) is 2. The summed E-state index contributed by atoms with van der Waals surface area (Å²) in [5.74, 6) is 0.457. The fourth-order valence-corrected chi connectivity index (χ4v) is 2.79. The summed E-state index contributed by atoms with van der Waals surface area (Å²) in [4.78, 5) is 4.16. The molecule has 17 heavy (non-hydrogen) atoms. The maximum absolute atomic E-state index is 13.2. The molecule has 0 aliphatic rings. The zero-order valence-electron chi connectivity index (χ0n) is 9.68. The van der Waals surface area contributed by atoms with Gasteiger partial charge in [-0.3, -0.25) is 4.21 Å². The van der Waals surface area contributed by atoms with Crippen LogP contribution in [0.3, 0.4) is 0 Å². The maximum Gasteiger partial charge on any atom is 0.201 e. The van der Waals surface area contributed by atoms with Crippen LogP contribution in [0.15, 0.2) is 18.2 Å². The molecule has 0 aliphatic carbocycles. The minimum absolute atomic E-state index is 0.0763. The standard InChI is InChI=1S/C11H14FN3OS/c1-7(6-17(2)16)15-10-5-8(12)3-4-9(10)14-11(15)13/h3-5,7H,6H2,1-2H3,(H2,13,14). The lowest BCUT2D eigenvalue weighted by molar-refractivity contribution is 0.611. The summed E-state index contributed by atoms with van der Waals surface area (Å²) in [6.45, 7) is 1.89. The molecular formula is C11H14FN3OS. The lowest BCUT2D eigenvalue weighted by Gasteiger charge is -2.14. The second-order valence-electron chi connectivity index (χ2n) is 4.06. The number of rotatable bonds is 3. The second kappa shape index (κ2) is 4.44. The number of anilines is 1. The lowest BCUT2D eigenvalue weighted by Crippen LogP contribution is -2.15. The van der Waals surface area contributed by atoms with Gasteiger partial charge in [-0.2, -0.15) is 0 Å². The van der Waals surface area contributed by atoms with Crippen molar-refractivity contribution in [1.82, 2.24) is 9.55 Å². The molecule has 2 N–H and O–H groups in total.